The second kappa shape index (κ2) is 7.90. The van der Waals surface area contributed by atoms with Crippen LogP contribution in [0.1, 0.15) is 21.5 Å². The van der Waals surface area contributed by atoms with Crippen molar-refractivity contribution in [1.29, 1.82) is 0 Å². The third-order valence-electron chi connectivity index (χ3n) is 4.05. The van der Waals surface area contributed by atoms with E-state index in [0.717, 1.165) is 38.4 Å². The fraction of sp³-hybridized carbons (Fsp3) is 0.333. The highest BCUT2D eigenvalue weighted by molar-refractivity contribution is 5.93. The summed E-state index contributed by atoms with van der Waals surface area (Å²) in [6, 6.07) is 11.3. The van der Waals surface area contributed by atoms with Crippen molar-refractivity contribution in [3.63, 3.8) is 0 Å². The maximum atomic E-state index is 12.0. The Morgan fingerprint density at radius 3 is 2.54 bits per heavy atom. The van der Waals surface area contributed by atoms with E-state index in [0.29, 0.717) is 6.54 Å². The van der Waals surface area contributed by atoms with Gasteiger partial charge in [0.2, 0.25) is 0 Å². The number of aromatic nitrogens is 1. The predicted octanol–water partition coefficient (Wildman–Crippen LogP) is 1.14. The van der Waals surface area contributed by atoms with Gasteiger partial charge in [0.05, 0.1) is 13.2 Å². The molecule has 0 aliphatic carbocycles. The fourth-order valence-corrected chi connectivity index (χ4v) is 2.66. The average molecular weight is 327 g/mol. The first-order valence-corrected chi connectivity index (χ1v) is 8.06. The normalized spacial score (nSPS) is 15.2. The van der Waals surface area contributed by atoms with Crippen LogP contribution in [0.25, 0.3) is 0 Å². The first-order chi connectivity index (χ1) is 11.7. The van der Waals surface area contributed by atoms with Crippen molar-refractivity contribution < 1.29 is 9.53 Å². The summed E-state index contributed by atoms with van der Waals surface area (Å²) < 4.78 is 5.35. The van der Waals surface area contributed by atoms with Crippen LogP contribution in [-0.2, 0) is 17.8 Å². The summed E-state index contributed by atoms with van der Waals surface area (Å²) in [6.07, 6.45) is 1.51. The van der Waals surface area contributed by atoms with Crippen LogP contribution in [0.2, 0.25) is 0 Å². The van der Waals surface area contributed by atoms with Gasteiger partial charge in [0, 0.05) is 32.4 Å². The van der Waals surface area contributed by atoms with Crippen molar-refractivity contribution in [2.45, 2.75) is 13.1 Å². The molecule has 1 fully saturated rings. The molecule has 0 unspecified atom stereocenters. The number of hydrogen-bond donors (Lipinski definition) is 2. The summed E-state index contributed by atoms with van der Waals surface area (Å²) in [6.45, 7) is 4.82. The number of benzene rings is 1. The van der Waals surface area contributed by atoms with Gasteiger partial charge in [0.1, 0.15) is 5.56 Å². The highest BCUT2D eigenvalue weighted by Crippen LogP contribution is 2.09. The van der Waals surface area contributed by atoms with E-state index in [1.807, 2.05) is 12.1 Å². The van der Waals surface area contributed by atoms with Gasteiger partial charge in [0.25, 0.3) is 11.5 Å². The number of ether oxygens (including phenoxy) is 1. The van der Waals surface area contributed by atoms with Crippen molar-refractivity contribution in [1.82, 2.24) is 15.2 Å². The minimum absolute atomic E-state index is 0.126. The van der Waals surface area contributed by atoms with Gasteiger partial charge in [-0.3, -0.25) is 14.5 Å². The topological polar surface area (TPSA) is 74.4 Å². The Bertz CT molecular complexity index is 734. The lowest BCUT2D eigenvalue weighted by atomic mass is 10.1. The number of rotatable bonds is 5. The zero-order chi connectivity index (χ0) is 16.8. The third-order valence-corrected chi connectivity index (χ3v) is 4.05. The number of morpholine rings is 1. The first-order valence-electron chi connectivity index (χ1n) is 8.06. The molecular formula is C18H21N3O3. The zero-order valence-corrected chi connectivity index (χ0v) is 13.5. The molecule has 126 valence electrons. The number of aromatic amines is 1. The van der Waals surface area contributed by atoms with Crippen LogP contribution in [-0.4, -0.2) is 42.1 Å². The van der Waals surface area contributed by atoms with E-state index >= 15 is 0 Å². The minimum atomic E-state index is -0.379. The molecule has 0 saturated carbocycles. The molecule has 0 spiro atoms. The van der Waals surface area contributed by atoms with Gasteiger partial charge in [-0.1, -0.05) is 24.3 Å². The van der Waals surface area contributed by atoms with Crippen LogP contribution >= 0.6 is 0 Å². The molecule has 0 atom stereocenters. The maximum Gasteiger partial charge on any atom is 0.260 e. The predicted molar refractivity (Wildman–Crippen MR) is 90.8 cm³/mol. The lowest BCUT2D eigenvalue weighted by Gasteiger charge is -2.26. The van der Waals surface area contributed by atoms with Crippen LogP contribution in [0.3, 0.4) is 0 Å². The molecule has 2 N–H and O–H groups in total. The van der Waals surface area contributed by atoms with E-state index in [-0.39, 0.29) is 17.0 Å². The van der Waals surface area contributed by atoms with Gasteiger partial charge in [-0.15, -0.1) is 0 Å². The summed E-state index contributed by atoms with van der Waals surface area (Å²) in [7, 11) is 0. The number of nitrogens with one attached hydrogen (secondary N) is 2. The van der Waals surface area contributed by atoms with Gasteiger partial charge in [0.15, 0.2) is 0 Å². The maximum absolute atomic E-state index is 12.0. The molecule has 1 aliphatic heterocycles. The molecule has 24 heavy (non-hydrogen) atoms. The molecule has 0 bridgehead atoms. The van der Waals surface area contributed by atoms with E-state index < -0.39 is 0 Å². The number of carbonyl (C=O) groups is 1. The monoisotopic (exact) mass is 327 g/mol. The van der Waals surface area contributed by atoms with Crippen molar-refractivity contribution in [3.8, 4) is 0 Å². The van der Waals surface area contributed by atoms with Crippen molar-refractivity contribution in [3.05, 3.63) is 69.6 Å². The van der Waals surface area contributed by atoms with Gasteiger partial charge in [-0.2, -0.15) is 0 Å². The fourth-order valence-electron chi connectivity index (χ4n) is 2.66. The van der Waals surface area contributed by atoms with E-state index in [4.69, 9.17) is 4.74 Å². The van der Waals surface area contributed by atoms with Crippen molar-refractivity contribution >= 4 is 5.91 Å². The van der Waals surface area contributed by atoms with Gasteiger partial charge < -0.3 is 15.0 Å². The molecule has 1 aromatic heterocycles. The average Bonchev–Trinajstić information content (AvgIpc) is 2.62. The number of H-pyrrole nitrogens is 1. The largest absolute Gasteiger partial charge is 0.379 e. The zero-order valence-electron chi connectivity index (χ0n) is 13.5. The summed E-state index contributed by atoms with van der Waals surface area (Å²) in [5.41, 5.74) is 1.99. The molecule has 1 saturated heterocycles. The van der Waals surface area contributed by atoms with Crippen LogP contribution in [0.15, 0.2) is 47.4 Å². The standard InChI is InChI=1S/C18H21N3O3/c22-17-16(2-1-7-19-17)18(23)20-12-14-3-5-15(6-4-14)13-21-8-10-24-11-9-21/h1-7H,8-13H2,(H,19,22)(H,20,23). The Balaban J connectivity index is 1.53. The molecule has 6 heteroatoms. The SMILES string of the molecule is O=C(NCc1ccc(CN2CCOCC2)cc1)c1ccc[nH]c1=O. The molecule has 1 aliphatic rings. The van der Waals surface area contributed by atoms with Crippen LogP contribution < -0.4 is 10.9 Å². The molecule has 1 amide bonds. The Morgan fingerprint density at radius 1 is 1.12 bits per heavy atom. The molecule has 1 aromatic carbocycles. The first kappa shape index (κ1) is 16.4. The number of hydrogen-bond acceptors (Lipinski definition) is 4. The molecule has 3 rings (SSSR count). The number of pyridine rings is 1. The van der Waals surface area contributed by atoms with Crippen LogP contribution in [0, 0.1) is 0 Å². The summed E-state index contributed by atoms with van der Waals surface area (Å²) in [4.78, 5) is 28.5. The molecule has 0 radical (unpaired) electrons. The smallest absolute Gasteiger partial charge is 0.260 e. The lowest BCUT2D eigenvalue weighted by Crippen LogP contribution is -2.35. The van der Waals surface area contributed by atoms with Crippen LogP contribution in [0.4, 0.5) is 0 Å². The number of amides is 1. The molecule has 2 heterocycles. The Kier molecular flexibility index (Phi) is 5.40. The Hall–Kier alpha value is -2.44. The van der Waals surface area contributed by atoms with E-state index in [1.54, 1.807) is 6.07 Å². The second-order valence-electron chi connectivity index (χ2n) is 5.80. The molecule has 2 aromatic rings. The van der Waals surface area contributed by atoms with Crippen LogP contribution in [0.5, 0.6) is 0 Å². The quantitative estimate of drug-likeness (QED) is 0.863. The second-order valence-corrected chi connectivity index (χ2v) is 5.80. The van der Waals surface area contributed by atoms with Crippen molar-refractivity contribution in [2.24, 2.45) is 0 Å². The highest BCUT2D eigenvalue weighted by Gasteiger charge is 2.11. The summed E-state index contributed by atoms with van der Waals surface area (Å²) in [5, 5.41) is 2.77. The van der Waals surface area contributed by atoms with Gasteiger partial charge >= 0.3 is 0 Å². The van der Waals surface area contributed by atoms with E-state index in [1.165, 1.54) is 17.8 Å². The number of nitrogens with zero attached hydrogens (tertiary/aromatic N) is 1. The number of carbonyl (C=O) groups excluding carboxylic acids is 1. The highest BCUT2D eigenvalue weighted by atomic mass is 16.5. The lowest BCUT2D eigenvalue weighted by molar-refractivity contribution is 0.0342. The molecule has 6 nitrogen and oxygen atoms in total. The van der Waals surface area contributed by atoms with Gasteiger partial charge in [-0.25, -0.2) is 0 Å². The summed E-state index contributed by atoms with van der Waals surface area (Å²) >= 11 is 0. The third kappa shape index (κ3) is 4.31. The Morgan fingerprint density at radius 2 is 1.83 bits per heavy atom. The minimum Gasteiger partial charge on any atom is -0.379 e. The molecular weight excluding hydrogens is 306 g/mol. The summed E-state index contributed by atoms with van der Waals surface area (Å²) in [5.74, 6) is -0.366. The van der Waals surface area contributed by atoms with Crippen molar-refractivity contribution in [2.75, 3.05) is 26.3 Å². The van der Waals surface area contributed by atoms with E-state index in [2.05, 4.69) is 27.3 Å². The Labute approximate surface area is 140 Å². The van der Waals surface area contributed by atoms with Gasteiger partial charge in [-0.05, 0) is 23.3 Å². The van der Waals surface area contributed by atoms with E-state index in [9.17, 15) is 9.59 Å².